The maximum absolute atomic E-state index is 13.6. The van der Waals surface area contributed by atoms with Gasteiger partial charge in [-0.2, -0.15) is 0 Å². The van der Waals surface area contributed by atoms with Crippen LogP contribution < -0.4 is 0 Å². The van der Waals surface area contributed by atoms with Crippen LogP contribution in [0.4, 0.5) is 0 Å². The zero-order valence-electron chi connectivity index (χ0n) is 16.3. The molecule has 0 spiro atoms. The molecule has 4 aliphatic carbocycles. The number of aliphatic hydroxyl groups is 1. The predicted molar refractivity (Wildman–Crippen MR) is 96.1 cm³/mol. The fourth-order valence-corrected chi connectivity index (χ4v) is 6.54. The minimum atomic E-state index is -0.648. The number of aromatic nitrogens is 2. The Morgan fingerprint density at radius 2 is 1.92 bits per heavy atom. The quantitative estimate of drug-likeness (QED) is 0.842. The molecule has 4 bridgehead atoms. The van der Waals surface area contributed by atoms with E-state index in [1.54, 1.807) is 0 Å². The Balaban J connectivity index is 1.59. The summed E-state index contributed by atoms with van der Waals surface area (Å²) in [4.78, 5) is 15.5. The van der Waals surface area contributed by atoms with Crippen molar-refractivity contribution in [2.75, 3.05) is 6.54 Å². The van der Waals surface area contributed by atoms with E-state index < -0.39 is 11.0 Å². The summed E-state index contributed by atoms with van der Waals surface area (Å²) in [6, 6.07) is 0. The van der Waals surface area contributed by atoms with Gasteiger partial charge in [0.1, 0.15) is 0 Å². The molecule has 1 amide bonds. The van der Waals surface area contributed by atoms with Crippen LogP contribution in [0.15, 0.2) is 4.42 Å². The van der Waals surface area contributed by atoms with Gasteiger partial charge in [0.15, 0.2) is 0 Å². The standard InChI is InChI=1S/C20H31N3O3/c1-4-15-21-22-16(26-15)10-23(6-3)17(24)19-8-14-7-18(5-2,11-19)12-20(25,9-14)13-19/h14,25H,4-13H2,1-3H3/t14-,18-,19+,20+/m0/s1. The van der Waals surface area contributed by atoms with E-state index >= 15 is 0 Å². The van der Waals surface area contributed by atoms with E-state index in [0.29, 0.717) is 43.6 Å². The summed E-state index contributed by atoms with van der Waals surface area (Å²) in [5, 5.41) is 19.3. The van der Waals surface area contributed by atoms with Gasteiger partial charge in [0.2, 0.25) is 17.7 Å². The van der Waals surface area contributed by atoms with Gasteiger partial charge in [-0.15, -0.1) is 10.2 Å². The van der Waals surface area contributed by atoms with E-state index in [1.165, 1.54) is 6.42 Å². The molecule has 6 nitrogen and oxygen atoms in total. The highest BCUT2D eigenvalue weighted by Gasteiger charge is 2.65. The summed E-state index contributed by atoms with van der Waals surface area (Å²) in [5.74, 6) is 1.77. The molecule has 0 saturated heterocycles. The molecule has 0 unspecified atom stereocenters. The third-order valence-corrected chi connectivity index (χ3v) is 7.16. The van der Waals surface area contributed by atoms with Crippen molar-refractivity contribution in [2.24, 2.45) is 16.7 Å². The van der Waals surface area contributed by atoms with Crippen molar-refractivity contribution in [3.05, 3.63) is 11.8 Å². The van der Waals surface area contributed by atoms with E-state index in [-0.39, 0.29) is 11.3 Å². The molecule has 1 N–H and O–H groups in total. The molecule has 4 fully saturated rings. The van der Waals surface area contributed by atoms with E-state index in [2.05, 4.69) is 17.1 Å². The van der Waals surface area contributed by atoms with Crippen molar-refractivity contribution in [3.63, 3.8) is 0 Å². The molecule has 1 aromatic heterocycles. The molecule has 144 valence electrons. The second-order valence-corrected chi connectivity index (χ2v) is 9.13. The van der Waals surface area contributed by atoms with Gasteiger partial charge in [-0.05, 0) is 56.8 Å². The van der Waals surface area contributed by atoms with Crippen LogP contribution in [0.1, 0.15) is 77.5 Å². The first-order valence-corrected chi connectivity index (χ1v) is 10.2. The molecular weight excluding hydrogens is 330 g/mol. The summed E-state index contributed by atoms with van der Waals surface area (Å²) in [6.45, 7) is 7.18. The second kappa shape index (κ2) is 6.04. The normalized spacial score (nSPS) is 37.9. The van der Waals surface area contributed by atoms with Crippen molar-refractivity contribution >= 4 is 5.91 Å². The molecular formula is C20H31N3O3. The predicted octanol–water partition coefficient (Wildman–Crippen LogP) is 3.09. The van der Waals surface area contributed by atoms with Gasteiger partial charge in [-0.1, -0.05) is 20.3 Å². The lowest BCUT2D eigenvalue weighted by Gasteiger charge is -2.64. The van der Waals surface area contributed by atoms with Gasteiger partial charge in [-0.3, -0.25) is 4.79 Å². The Kier molecular flexibility index (Phi) is 4.17. The maximum Gasteiger partial charge on any atom is 0.235 e. The van der Waals surface area contributed by atoms with Crippen LogP contribution in [-0.2, 0) is 17.8 Å². The highest BCUT2D eigenvalue weighted by atomic mass is 16.4. The van der Waals surface area contributed by atoms with E-state index in [1.807, 2.05) is 18.7 Å². The van der Waals surface area contributed by atoms with Crippen LogP contribution in [0, 0.1) is 16.7 Å². The van der Waals surface area contributed by atoms with Crippen LogP contribution in [0.3, 0.4) is 0 Å². The number of carbonyl (C=O) groups excluding carboxylic acids is 1. The first-order chi connectivity index (χ1) is 12.3. The summed E-state index contributed by atoms with van der Waals surface area (Å²) >= 11 is 0. The van der Waals surface area contributed by atoms with Crippen molar-refractivity contribution in [1.82, 2.24) is 15.1 Å². The Morgan fingerprint density at radius 3 is 2.54 bits per heavy atom. The lowest BCUT2D eigenvalue weighted by atomic mass is 9.42. The van der Waals surface area contributed by atoms with E-state index in [4.69, 9.17) is 4.42 Å². The van der Waals surface area contributed by atoms with Gasteiger partial charge in [0, 0.05) is 13.0 Å². The van der Waals surface area contributed by atoms with Gasteiger partial charge in [0.05, 0.1) is 17.6 Å². The molecule has 4 saturated carbocycles. The molecule has 0 aliphatic heterocycles. The average Bonchev–Trinajstić information content (AvgIpc) is 3.04. The summed E-state index contributed by atoms with van der Waals surface area (Å²) in [5.41, 5.74) is -0.915. The van der Waals surface area contributed by atoms with Crippen LogP contribution >= 0.6 is 0 Å². The fraction of sp³-hybridized carbons (Fsp3) is 0.850. The molecule has 1 heterocycles. The smallest absolute Gasteiger partial charge is 0.235 e. The van der Waals surface area contributed by atoms with Crippen LogP contribution in [0.25, 0.3) is 0 Å². The fourth-order valence-electron chi connectivity index (χ4n) is 6.54. The zero-order chi connectivity index (χ0) is 18.6. The molecule has 4 aliphatic rings. The van der Waals surface area contributed by atoms with Crippen molar-refractivity contribution in [1.29, 1.82) is 0 Å². The van der Waals surface area contributed by atoms with Crippen LogP contribution in [0.2, 0.25) is 0 Å². The lowest BCUT2D eigenvalue weighted by molar-refractivity contribution is -0.210. The van der Waals surface area contributed by atoms with Crippen molar-refractivity contribution in [3.8, 4) is 0 Å². The summed E-state index contributed by atoms with van der Waals surface area (Å²) < 4.78 is 5.63. The number of hydrogen-bond donors (Lipinski definition) is 1. The topological polar surface area (TPSA) is 79.5 Å². The number of aryl methyl sites for hydroxylation is 1. The number of hydrogen-bond acceptors (Lipinski definition) is 5. The first-order valence-electron chi connectivity index (χ1n) is 10.2. The summed E-state index contributed by atoms with van der Waals surface area (Å²) in [6.07, 6.45) is 7.15. The third kappa shape index (κ3) is 2.77. The minimum absolute atomic E-state index is 0.142. The lowest BCUT2D eigenvalue weighted by Crippen LogP contribution is -2.64. The second-order valence-electron chi connectivity index (χ2n) is 9.13. The van der Waals surface area contributed by atoms with E-state index in [9.17, 15) is 9.90 Å². The minimum Gasteiger partial charge on any atom is -0.423 e. The van der Waals surface area contributed by atoms with Gasteiger partial charge in [0.25, 0.3) is 0 Å². The van der Waals surface area contributed by atoms with Gasteiger partial charge < -0.3 is 14.4 Å². The van der Waals surface area contributed by atoms with Crippen molar-refractivity contribution < 1.29 is 14.3 Å². The van der Waals surface area contributed by atoms with Crippen LogP contribution in [0.5, 0.6) is 0 Å². The largest absolute Gasteiger partial charge is 0.423 e. The summed E-state index contributed by atoms with van der Waals surface area (Å²) in [7, 11) is 0. The monoisotopic (exact) mass is 361 g/mol. The Bertz CT molecular complexity index is 704. The highest BCUT2D eigenvalue weighted by Crippen LogP contribution is 2.68. The Hall–Kier alpha value is -1.43. The molecule has 1 aromatic rings. The van der Waals surface area contributed by atoms with Gasteiger partial charge >= 0.3 is 0 Å². The number of rotatable bonds is 6. The van der Waals surface area contributed by atoms with Gasteiger partial charge in [-0.25, -0.2) is 0 Å². The molecule has 0 radical (unpaired) electrons. The molecule has 4 atom stereocenters. The van der Waals surface area contributed by atoms with Crippen molar-refractivity contribution in [2.45, 2.75) is 84.3 Å². The number of carbonyl (C=O) groups is 1. The Labute approximate surface area is 155 Å². The maximum atomic E-state index is 13.6. The first kappa shape index (κ1) is 18.0. The highest BCUT2D eigenvalue weighted by molar-refractivity contribution is 5.83. The SMILES string of the molecule is CCc1nnc(CN(CC)C(=O)[C@]23C[C@H]4C[C@@](O)(C[C@@](CC)(C4)C2)C3)o1. The zero-order valence-corrected chi connectivity index (χ0v) is 16.3. The van der Waals surface area contributed by atoms with E-state index in [0.717, 1.165) is 32.1 Å². The number of nitrogens with zero attached hydrogens (tertiary/aromatic N) is 3. The molecule has 0 aromatic carbocycles. The Morgan fingerprint density at radius 1 is 1.15 bits per heavy atom. The molecule has 5 rings (SSSR count). The van der Waals surface area contributed by atoms with Crippen LogP contribution in [-0.4, -0.2) is 38.3 Å². The number of amides is 1. The average molecular weight is 361 g/mol. The third-order valence-electron chi connectivity index (χ3n) is 7.16. The molecule has 26 heavy (non-hydrogen) atoms. The molecule has 6 heteroatoms.